The summed E-state index contributed by atoms with van der Waals surface area (Å²) in [6.07, 6.45) is 4.64. The Bertz CT molecular complexity index is 1400. The largest absolute Gasteiger partial charge is 0.467 e. The van der Waals surface area contributed by atoms with Gasteiger partial charge < -0.3 is 8.83 Å². The van der Waals surface area contributed by atoms with Gasteiger partial charge in [-0.15, -0.1) is 0 Å². The first-order valence-corrected chi connectivity index (χ1v) is 9.61. The van der Waals surface area contributed by atoms with Crippen LogP contribution in [0.15, 0.2) is 80.0 Å². The van der Waals surface area contributed by atoms with Crippen LogP contribution in [0.25, 0.3) is 10.9 Å². The lowest BCUT2D eigenvalue weighted by Gasteiger charge is -2.20. The number of nitro benzene ring substituents is 1. The van der Waals surface area contributed by atoms with E-state index >= 15 is 0 Å². The SMILES string of the molecule is O=C(Cn1cnc2ccc([N+](=O)[O-])cc2c1=O)N1N=C(c2ccco2)CC1c1ccco1. The normalized spacial score (nSPS) is 15.8. The van der Waals surface area contributed by atoms with Crippen LogP contribution >= 0.6 is 0 Å². The highest BCUT2D eigenvalue weighted by atomic mass is 16.6. The van der Waals surface area contributed by atoms with Crippen LogP contribution in [-0.2, 0) is 11.3 Å². The number of carbonyl (C=O) groups excluding carboxylic acids is 1. The predicted octanol–water partition coefficient (Wildman–Crippen LogP) is 2.87. The zero-order valence-electron chi connectivity index (χ0n) is 16.5. The molecule has 0 saturated carbocycles. The second kappa shape index (κ2) is 7.61. The number of carbonyl (C=O) groups is 1. The third kappa shape index (κ3) is 3.35. The summed E-state index contributed by atoms with van der Waals surface area (Å²) in [5.74, 6) is 0.610. The molecule has 11 heteroatoms. The molecule has 1 amide bonds. The van der Waals surface area contributed by atoms with Crippen molar-refractivity contribution >= 4 is 28.2 Å². The molecule has 0 bridgehead atoms. The van der Waals surface area contributed by atoms with Gasteiger partial charge in [0.1, 0.15) is 29.8 Å². The molecule has 5 rings (SSSR count). The number of hydrogen-bond donors (Lipinski definition) is 0. The van der Waals surface area contributed by atoms with Crippen LogP contribution in [0.5, 0.6) is 0 Å². The van der Waals surface area contributed by atoms with Crippen LogP contribution in [0, 0.1) is 10.1 Å². The number of aromatic nitrogens is 2. The number of rotatable bonds is 5. The summed E-state index contributed by atoms with van der Waals surface area (Å²) in [4.78, 5) is 40.6. The number of amides is 1. The molecule has 0 radical (unpaired) electrons. The van der Waals surface area contributed by atoms with Crippen molar-refractivity contribution in [2.75, 3.05) is 0 Å². The maximum Gasteiger partial charge on any atom is 0.270 e. The van der Waals surface area contributed by atoms with E-state index in [0.717, 1.165) is 10.6 Å². The second-order valence-corrected chi connectivity index (χ2v) is 7.13. The van der Waals surface area contributed by atoms with Gasteiger partial charge in [0.2, 0.25) is 0 Å². The molecule has 1 aromatic carbocycles. The summed E-state index contributed by atoms with van der Waals surface area (Å²) in [7, 11) is 0. The molecule has 160 valence electrons. The Labute approximate surface area is 179 Å². The van der Waals surface area contributed by atoms with Crippen LogP contribution in [0.2, 0.25) is 0 Å². The topological polar surface area (TPSA) is 137 Å². The van der Waals surface area contributed by atoms with Crippen molar-refractivity contribution in [3.05, 3.63) is 93.3 Å². The zero-order valence-corrected chi connectivity index (χ0v) is 16.5. The number of benzene rings is 1. The van der Waals surface area contributed by atoms with Gasteiger partial charge >= 0.3 is 0 Å². The maximum atomic E-state index is 13.1. The minimum Gasteiger partial charge on any atom is -0.467 e. The lowest BCUT2D eigenvalue weighted by atomic mass is 10.1. The Morgan fingerprint density at radius 2 is 2.00 bits per heavy atom. The molecule has 0 spiro atoms. The fourth-order valence-corrected chi connectivity index (χ4v) is 3.63. The summed E-state index contributed by atoms with van der Waals surface area (Å²) in [5.41, 5.74) is 0.0862. The Kier molecular flexibility index (Phi) is 4.62. The maximum absolute atomic E-state index is 13.1. The molecule has 0 N–H and O–H groups in total. The Morgan fingerprint density at radius 3 is 2.72 bits per heavy atom. The second-order valence-electron chi connectivity index (χ2n) is 7.13. The van der Waals surface area contributed by atoms with Crippen molar-refractivity contribution in [3.8, 4) is 0 Å². The molecule has 32 heavy (non-hydrogen) atoms. The van der Waals surface area contributed by atoms with E-state index in [4.69, 9.17) is 8.83 Å². The number of hydrogen-bond acceptors (Lipinski definition) is 8. The van der Waals surface area contributed by atoms with Crippen molar-refractivity contribution in [1.29, 1.82) is 0 Å². The summed E-state index contributed by atoms with van der Waals surface area (Å²) >= 11 is 0. The number of non-ortho nitro benzene ring substituents is 1. The van der Waals surface area contributed by atoms with Crippen molar-refractivity contribution in [2.24, 2.45) is 5.10 Å². The summed E-state index contributed by atoms with van der Waals surface area (Å²) in [6.45, 7) is -0.351. The fraction of sp³-hybridized carbons (Fsp3) is 0.143. The lowest BCUT2D eigenvalue weighted by molar-refractivity contribution is -0.384. The lowest BCUT2D eigenvalue weighted by Crippen LogP contribution is -2.34. The highest BCUT2D eigenvalue weighted by molar-refractivity contribution is 6.01. The fourth-order valence-electron chi connectivity index (χ4n) is 3.63. The highest BCUT2D eigenvalue weighted by Gasteiger charge is 2.35. The highest BCUT2D eigenvalue weighted by Crippen LogP contribution is 2.33. The van der Waals surface area contributed by atoms with E-state index in [-0.39, 0.29) is 17.6 Å². The van der Waals surface area contributed by atoms with Crippen LogP contribution in [0.1, 0.15) is 24.0 Å². The van der Waals surface area contributed by atoms with Crippen LogP contribution in [0.3, 0.4) is 0 Å². The van der Waals surface area contributed by atoms with E-state index < -0.39 is 22.4 Å². The third-order valence-corrected chi connectivity index (χ3v) is 5.17. The number of fused-ring (bicyclic) bond motifs is 1. The van der Waals surface area contributed by atoms with Gasteiger partial charge in [-0.25, -0.2) is 9.99 Å². The van der Waals surface area contributed by atoms with Crippen molar-refractivity contribution in [1.82, 2.24) is 14.6 Å². The Balaban J connectivity index is 1.48. The third-order valence-electron chi connectivity index (χ3n) is 5.17. The standard InChI is InChI=1S/C21H15N5O6/c27-20(11-24-12-22-15-6-5-13(26(29)30)9-14(15)21(24)28)25-17(19-4-2-8-32-19)10-16(23-25)18-3-1-7-31-18/h1-9,12,17H,10-11H2. The van der Waals surface area contributed by atoms with E-state index in [1.54, 1.807) is 24.3 Å². The van der Waals surface area contributed by atoms with Gasteiger partial charge in [-0.3, -0.25) is 24.3 Å². The number of nitro groups is 1. The van der Waals surface area contributed by atoms with Gasteiger partial charge in [-0.2, -0.15) is 5.10 Å². The average Bonchev–Trinajstić information content (AvgIpc) is 3.55. The molecule has 3 aromatic heterocycles. The Morgan fingerprint density at radius 1 is 1.19 bits per heavy atom. The van der Waals surface area contributed by atoms with E-state index in [1.165, 1.54) is 36.0 Å². The number of furan rings is 2. The first kappa shape index (κ1) is 19.4. The minimum atomic E-state index is -0.593. The summed E-state index contributed by atoms with van der Waals surface area (Å²) < 4.78 is 12.0. The van der Waals surface area contributed by atoms with Crippen molar-refractivity contribution in [2.45, 2.75) is 19.0 Å². The van der Waals surface area contributed by atoms with Gasteiger partial charge in [0.25, 0.3) is 17.2 Å². The number of hydrazone groups is 1. The molecule has 4 heterocycles. The van der Waals surface area contributed by atoms with Gasteiger partial charge in [0, 0.05) is 18.6 Å². The average molecular weight is 433 g/mol. The van der Waals surface area contributed by atoms with E-state index in [2.05, 4.69) is 10.1 Å². The molecule has 1 aliphatic heterocycles. The Hall–Kier alpha value is -4.54. The van der Waals surface area contributed by atoms with E-state index in [1.807, 2.05) is 0 Å². The molecule has 1 unspecified atom stereocenters. The number of nitrogens with zero attached hydrogens (tertiary/aromatic N) is 5. The molecule has 0 saturated heterocycles. The van der Waals surface area contributed by atoms with E-state index in [0.29, 0.717) is 29.2 Å². The molecule has 0 fully saturated rings. The van der Waals surface area contributed by atoms with Crippen LogP contribution in [0.4, 0.5) is 5.69 Å². The first-order chi connectivity index (χ1) is 15.5. The quantitative estimate of drug-likeness (QED) is 0.348. The van der Waals surface area contributed by atoms with Gasteiger partial charge in [-0.05, 0) is 30.3 Å². The van der Waals surface area contributed by atoms with Gasteiger partial charge in [0.15, 0.2) is 0 Å². The molecular weight excluding hydrogens is 418 g/mol. The van der Waals surface area contributed by atoms with Crippen LogP contribution in [-0.4, -0.2) is 31.1 Å². The molecule has 1 atom stereocenters. The predicted molar refractivity (Wildman–Crippen MR) is 111 cm³/mol. The van der Waals surface area contributed by atoms with Crippen molar-refractivity contribution < 1.29 is 18.6 Å². The summed E-state index contributed by atoms with van der Waals surface area (Å²) in [6, 6.07) is 10.3. The van der Waals surface area contributed by atoms with Crippen LogP contribution < -0.4 is 5.56 Å². The molecule has 1 aliphatic rings. The molecular formula is C21H15N5O6. The zero-order chi connectivity index (χ0) is 22.2. The first-order valence-electron chi connectivity index (χ1n) is 9.61. The van der Waals surface area contributed by atoms with Crippen molar-refractivity contribution in [3.63, 3.8) is 0 Å². The smallest absolute Gasteiger partial charge is 0.270 e. The van der Waals surface area contributed by atoms with E-state index in [9.17, 15) is 19.7 Å². The monoisotopic (exact) mass is 433 g/mol. The molecule has 0 aliphatic carbocycles. The summed E-state index contributed by atoms with van der Waals surface area (Å²) in [5, 5.41) is 16.8. The van der Waals surface area contributed by atoms with Gasteiger partial charge in [-0.1, -0.05) is 0 Å². The van der Waals surface area contributed by atoms with Gasteiger partial charge in [0.05, 0.1) is 34.7 Å². The molecule has 11 nitrogen and oxygen atoms in total. The molecule has 4 aromatic rings. The minimum absolute atomic E-state index is 0.0540.